The van der Waals surface area contributed by atoms with Gasteiger partial charge in [0.2, 0.25) is 5.91 Å². The van der Waals surface area contributed by atoms with Crippen LogP contribution in [0.25, 0.3) is 0 Å². The van der Waals surface area contributed by atoms with Crippen LogP contribution < -0.4 is 10.2 Å². The Kier molecular flexibility index (Phi) is 5.97. The van der Waals surface area contributed by atoms with Gasteiger partial charge in [-0.15, -0.1) is 0 Å². The maximum absolute atomic E-state index is 12.8. The first kappa shape index (κ1) is 18.5. The van der Waals surface area contributed by atoms with E-state index in [2.05, 4.69) is 79.5 Å². The van der Waals surface area contributed by atoms with Crippen molar-refractivity contribution in [1.29, 1.82) is 0 Å². The summed E-state index contributed by atoms with van der Waals surface area (Å²) in [5.74, 6) is 0.331. The highest BCUT2D eigenvalue weighted by molar-refractivity contribution is 5.79. The largest absolute Gasteiger partial charge is 0.371 e. The van der Waals surface area contributed by atoms with E-state index in [0.717, 1.165) is 32.4 Å². The van der Waals surface area contributed by atoms with Crippen molar-refractivity contribution in [3.63, 3.8) is 0 Å². The molecule has 1 heterocycles. The van der Waals surface area contributed by atoms with E-state index in [0.29, 0.717) is 0 Å². The van der Waals surface area contributed by atoms with Crippen molar-refractivity contribution in [3.05, 3.63) is 65.2 Å². The fourth-order valence-corrected chi connectivity index (χ4v) is 3.66. The van der Waals surface area contributed by atoms with Gasteiger partial charge in [0, 0.05) is 24.7 Å². The van der Waals surface area contributed by atoms with Crippen LogP contribution in [-0.2, 0) is 4.79 Å². The molecule has 26 heavy (non-hydrogen) atoms. The zero-order valence-corrected chi connectivity index (χ0v) is 16.2. The molecular weight excluding hydrogens is 320 g/mol. The van der Waals surface area contributed by atoms with Gasteiger partial charge >= 0.3 is 0 Å². The molecule has 138 valence electrons. The zero-order valence-electron chi connectivity index (χ0n) is 16.2. The third-order valence-corrected chi connectivity index (χ3v) is 5.47. The Morgan fingerprint density at radius 2 is 1.54 bits per heavy atom. The lowest BCUT2D eigenvalue weighted by atomic mass is 9.94. The van der Waals surface area contributed by atoms with Gasteiger partial charge < -0.3 is 10.2 Å². The average molecular weight is 351 g/mol. The van der Waals surface area contributed by atoms with Crippen molar-refractivity contribution in [1.82, 2.24) is 5.32 Å². The first-order valence-corrected chi connectivity index (χ1v) is 9.75. The molecule has 0 radical (unpaired) electrons. The molecular formula is C23H30N2O. The van der Waals surface area contributed by atoms with Crippen LogP contribution in [0.3, 0.4) is 0 Å². The van der Waals surface area contributed by atoms with Crippen molar-refractivity contribution in [3.8, 4) is 0 Å². The molecule has 1 fully saturated rings. The highest BCUT2D eigenvalue weighted by Gasteiger charge is 2.26. The molecule has 0 spiro atoms. The van der Waals surface area contributed by atoms with E-state index < -0.39 is 0 Å². The molecule has 2 aromatic rings. The predicted molar refractivity (Wildman–Crippen MR) is 108 cm³/mol. The first-order chi connectivity index (χ1) is 12.6. The second kappa shape index (κ2) is 8.39. The fourth-order valence-electron chi connectivity index (χ4n) is 3.66. The lowest BCUT2D eigenvalue weighted by molar-refractivity contribution is -0.126. The van der Waals surface area contributed by atoms with Gasteiger partial charge in [-0.05, 0) is 50.8 Å². The minimum absolute atomic E-state index is 0.109. The molecule has 1 atom stereocenters. The SMILES string of the molecule is CCC(NC(=O)C1CCN(c2ccc(C)cc2)CC1)c1ccc(C)cc1. The summed E-state index contributed by atoms with van der Waals surface area (Å²) in [5.41, 5.74) is 4.99. The van der Waals surface area contributed by atoms with E-state index in [1.807, 2.05) is 0 Å². The van der Waals surface area contributed by atoms with E-state index >= 15 is 0 Å². The monoisotopic (exact) mass is 350 g/mol. The number of amides is 1. The number of hydrogen-bond acceptors (Lipinski definition) is 2. The van der Waals surface area contributed by atoms with Crippen molar-refractivity contribution in [2.75, 3.05) is 18.0 Å². The molecule has 1 aliphatic rings. The summed E-state index contributed by atoms with van der Waals surface area (Å²) < 4.78 is 0. The zero-order chi connectivity index (χ0) is 18.5. The third kappa shape index (κ3) is 4.46. The normalized spacial score (nSPS) is 16.3. The van der Waals surface area contributed by atoms with Gasteiger partial charge in [-0.2, -0.15) is 0 Å². The number of benzene rings is 2. The van der Waals surface area contributed by atoms with Crippen LogP contribution >= 0.6 is 0 Å². The molecule has 3 nitrogen and oxygen atoms in total. The number of anilines is 1. The Morgan fingerprint density at radius 3 is 2.08 bits per heavy atom. The number of hydrogen-bond donors (Lipinski definition) is 1. The molecule has 2 aromatic carbocycles. The lowest BCUT2D eigenvalue weighted by Gasteiger charge is -2.33. The van der Waals surface area contributed by atoms with E-state index in [1.165, 1.54) is 22.4 Å². The van der Waals surface area contributed by atoms with Crippen LogP contribution in [0.5, 0.6) is 0 Å². The molecule has 3 rings (SSSR count). The first-order valence-electron chi connectivity index (χ1n) is 9.75. The van der Waals surface area contributed by atoms with Gasteiger partial charge in [0.1, 0.15) is 0 Å². The molecule has 1 aliphatic heterocycles. The topological polar surface area (TPSA) is 32.3 Å². The molecule has 0 saturated carbocycles. The number of carbonyl (C=O) groups excluding carboxylic acids is 1. The molecule has 0 aromatic heterocycles. The number of carbonyl (C=O) groups is 1. The third-order valence-electron chi connectivity index (χ3n) is 5.47. The number of aryl methyl sites for hydroxylation is 2. The van der Waals surface area contributed by atoms with Gasteiger partial charge in [-0.1, -0.05) is 54.4 Å². The summed E-state index contributed by atoms with van der Waals surface area (Å²) >= 11 is 0. The van der Waals surface area contributed by atoms with Crippen molar-refractivity contribution in [2.24, 2.45) is 5.92 Å². The van der Waals surface area contributed by atoms with Gasteiger partial charge in [0.15, 0.2) is 0 Å². The molecule has 1 saturated heterocycles. The summed E-state index contributed by atoms with van der Waals surface area (Å²) in [7, 11) is 0. The van der Waals surface area contributed by atoms with Crippen molar-refractivity contribution >= 4 is 11.6 Å². The Morgan fingerprint density at radius 1 is 1.00 bits per heavy atom. The number of nitrogens with zero attached hydrogens (tertiary/aromatic N) is 1. The van der Waals surface area contributed by atoms with Crippen LogP contribution in [-0.4, -0.2) is 19.0 Å². The second-order valence-electron chi connectivity index (χ2n) is 7.48. The number of piperidine rings is 1. The van der Waals surface area contributed by atoms with Crippen LogP contribution in [0.4, 0.5) is 5.69 Å². The highest BCUT2D eigenvalue weighted by atomic mass is 16.1. The van der Waals surface area contributed by atoms with Crippen LogP contribution in [0, 0.1) is 19.8 Å². The van der Waals surface area contributed by atoms with E-state index in [9.17, 15) is 4.79 Å². The maximum atomic E-state index is 12.8. The molecule has 1 N–H and O–H groups in total. The summed E-state index contributed by atoms with van der Waals surface area (Å²) in [6.45, 7) is 8.22. The predicted octanol–water partition coefficient (Wildman–Crippen LogP) is 4.79. The highest BCUT2D eigenvalue weighted by Crippen LogP contribution is 2.25. The summed E-state index contributed by atoms with van der Waals surface area (Å²) in [6, 6.07) is 17.3. The van der Waals surface area contributed by atoms with E-state index in [4.69, 9.17) is 0 Å². The number of nitrogens with one attached hydrogen (secondary N) is 1. The minimum Gasteiger partial charge on any atom is -0.371 e. The fraction of sp³-hybridized carbons (Fsp3) is 0.435. The van der Waals surface area contributed by atoms with E-state index in [-0.39, 0.29) is 17.9 Å². The smallest absolute Gasteiger partial charge is 0.223 e. The van der Waals surface area contributed by atoms with Gasteiger partial charge in [0.25, 0.3) is 0 Å². The maximum Gasteiger partial charge on any atom is 0.223 e. The Hall–Kier alpha value is -2.29. The minimum atomic E-state index is 0.109. The molecule has 3 heteroatoms. The second-order valence-corrected chi connectivity index (χ2v) is 7.48. The Labute approximate surface area is 157 Å². The van der Waals surface area contributed by atoms with Crippen LogP contribution in [0.15, 0.2) is 48.5 Å². The molecule has 0 aliphatic carbocycles. The van der Waals surface area contributed by atoms with Gasteiger partial charge in [0.05, 0.1) is 6.04 Å². The van der Waals surface area contributed by atoms with Crippen LogP contribution in [0.2, 0.25) is 0 Å². The summed E-state index contributed by atoms with van der Waals surface area (Å²) in [5, 5.41) is 3.28. The number of rotatable bonds is 5. The van der Waals surface area contributed by atoms with Gasteiger partial charge in [-0.3, -0.25) is 4.79 Å². The Bertz CT molecular complexity index is 713. The molecule has 1 amide bonds. The van der Waals surface area contributed by atoms with E-state index in [1.54, 1.807) is 0 Å². The van der Waals surface area contributed by atoms with Gasteiger partial charge in [-0.25, -0.2) is 0 Å². The molecule has 0 bridgehead atoms. The van der Waals surface area contributed by atoms with Crippen LogP contribution in [0.1, 0.15) is 48.9 Å². The standard InChI is InChI=1S/C23H30N2O/c1-4-22(19-9-5-17(2)6-10-19)24-23(26)20-13-15-25(16-14-20)21-11-7-18(3)8-12-21/h5-12,20,22H,4,13-16H2,1-3H3,(H,24,26). The average Bonchev–Trinajstić information content (AvgIpc) is 2.67. The summed E-state index contributed by atoms with van der Waals surface area (Å²) in [4.78, 5) is 15.2. The van der Waals surface area contributed by atoms with Crippen molar-refractivity contribution in [2.45, 2.75) is 46.1 Å². The summed E-state index contributed by atoms with van der Waals surface area (Å²) in [6.07, 6.45) is 2.76. The quantitative estimate of drug-likeness (QED) is 0.841. The lowest BCUT2D eigenvalue weighted by Crippen LogP contribution is -2.41. The molecule has 1 unspecified atom stereocenters. The van der Waals surface area contributed by atoms with Crippen molar-refractivity contribution < 1.29 is 4.79 Å². The Balaban J connectivity index is 1.55.